The van der Waals surface area contributed by atoms with Gasteiger partial charge in [0.25, 0.3) is 0 Å². The third-order valence-corrected chi connectivity index (χ3v) is 17.3. The lowest BCUT2D eigenvalue weighted by molar-refractivity contribution is -0.160. The van der Waals surface area contributed by atoms with Gasteiger partial charge in [-0.05, 0) is 159 Å². The summed E-state index contributed by atoms with van der Waals surface area (Å²) < 4.78 is 54.6. The lowest BCUT2D eigenvalue weighted by atomic mass is 9.99. The zero-order valence-corrected chi connectivity index (χ0v) is 62.4. The Hall–Kier alpha value is -8.98. The number of phenols is 1. The molecule has 0 spiro atoms. The number of para-hydroxylation sites is 1. The molecular weight excluding hydrogens is 1300 g/mol. The number of aliphatic hydroxyl groups excluding tert-OH is 3. The Morgan fingerprint density at radius 1 is 0.382 bits per heavy atom. The number of hydrogen-bond donors (Lipinski definition) is 4. The molecule has 0 saturated heterocycles. The number of methoxy groups -OCH3 is 4. The number of ether oxygens (including phenoxy) is 10. The van der Waals surface area contributed by atoms with Crippen molar-refractivity contribution < 1.29 is 87.2 Å². The summed E-state index contributed by atoms with van der Waals surface area (Å²) in [5, 5.41) is 38.1. The summed E-state index contributed by atoms with van der Waals surface area (Å²) in [6, 6.07) is 48.1. The molecular formula is C84H108O18. The van der Waals surface area contributed by atoms with E-state index < -0.39 is 12.1 Å². The van der Waals surface area contributed by atoms with Crippen molar-refractivity contribution in [2.45, 2.75) is 185 Å². The van der Waals surface area contributed by atoms with E-state index in [2.05, 4.69) is 98.7 Å². The molecule has 8 aromatic carbocycles. The van der Waals surface area contributed by atoms with Crippen LogP contribution in [0.1, 0.15) is 195 Å². The fraction of sp³-hybridized carbons (Fsp3) is 0.405. The van der Waals surface area contributed by atoms with Crippen molar-refractivity contribution in [3.8, 4) is 46.0 Å². The van der Waals surface area contributed by atoms with Crippen molar-refractivity contribution in [3.05, 3.63) is 235 Å². The Morgan fingerprint density at radius 3 is 1.12 bits per heavy atom. The van der Waals surface area contributed by atoms with Crippen LogP contribution in [0.15, 0.2) is 152 Å². The number of aryl methyl sites for hydroxylation is 3. The third kappa shape index (κ3) is 27.1. The quantitative estimate of drug-likeness (QED) is 0.00734. The average molecular weight is 1410 g/mol. The van der Waals surface area contributed by atoms with Crippen LogP contribution in [-0.2, 0) is 81.5 Å². The normalized spacial score (nSPS) is 11.9. The standard InChI is InChI=1S/C22H28O6.C22H30O4.C21H26O5.C19H24O3/c1-6-16(3)17-7-9-20(10-8-17)26-22(23)28-27-21-18(13-24-4)11-15(2)12-19(21)14-25-5;1-6-17(3)18-7-9-21(10-8-18)25-15-26-22-19(13-23-4)11-16(2)12-20(22)14-24-5;1-3-15(2)16-7-9-19(10-8-16)25-12-11-20(24)26-21-17(13-22)5-4-6-18(21)14-23;1-4-14(3)15-5-7-18(8-6-15)22-12-17-10-13(2)9-16(11-20)19(17)21/h7-12,16H,6,13-14H2,1-5H3;7-12,17H,6,13-15H2,1-5H3;4-10,15,22-23H,3,11-14H2,1-2H3;5-10,14,20-21H,4,11-12H2,1-3H3. The van der Waals surface area contributed by atoms with Gasteiger partial charge in [-0.15, -0.1) is 0 Å². The molecule has 552 valence electrons. The lowest BCUT2D eigenvalue weighted by Crippen LogP contribution is -2.15. The highest BCUT2D eigenvalue weighted by Gasteiger charge is 2.19. The van der Waals surface area contributed by atoms with E-state index in [4.69, 9.17) is 57.1 Å². The van der Waals surface area contributed by atoms with Gasteiger partial charge in [0.05, 0.1) is 59.3 Å². The van der Waals surface area contributed by atoms with Crippen LogP contribution in [0.2, 0.25) is 0 Å². The molecule has 0 aliphatic rings. The summed E-state index contributed by atoms with van der Waals surface area (Å²) in [5.41, 5.74) is 13.9. The van der Waals surface area contributed by atoms with Gasteiger partial charge in [-0.2, -0.15) is 4.79 Å². The second kappa shape index (κ2) is 45.1. The van der Waals surface area contributed by atoms with E-state index >= 15 is 0 Å². The maximum Gasteiger partial charge on any atom is 0.555 e. The van der Waals surface area contributed by atoms with Crippen LogP contribution in [0.5, 0.6) is 46.0 Å². The van der Waals surface area contributed by atoms with Gasteiger partial charge in [-0.3, -0.25) is 9.68 Å². The van der Waals surface area contributed by atoms with E-state index in [9.17, 15) is 30.0 Å². The lowest BCUT2D eigenvalue weighted by Gasteiger charge is -2.17. The number of benzene rings is 8. The zero-order valence-electron chi connectivity index (χ0n) is 62.4. The minimum atomic E-state index is -0.955. The van der Waals surface area contributed by atoms with Crippen molar-refractivity contribution in [2.75, 3.05) is 41.8 Å². The van der Waals surface area contributed by atoms with Gasteiger partial charge in [-0.1, -0.05) is 157 Å². The molecule has 0 radical (unpaired) electrons. The topological polar surface area (TPSA) is 226 Å². The molecule has 0 aliphatic carbocycles. The van der Waals surface area contributed by atoms with Gasteiger partial charge in [0.15, 0.2) is 5.75 Å². The van der Waals surface area contributed by atoms with Gasteiger partial charge >= 0.3 is 12.1 Å². The first-order valence-corrected chi connectivity index (χ1v) is 34.8. The largest absolute Gasteiger partial charge is 0.555 e. The molecule has 4 N–H and O–H groups in total. The summed E-state index contributed by atoms with van der Waals surface area (Å²) >= 11 is 0. The first-order valence-electron chi connectivity index (χ1n) is 34.8. The van der Waals surface area contributed by atoms with Crippen molar-refractivity contribution >= 4 is 12.1 Å². The predicted molar refractivity (Wildman–Crippen MR) is 397 cm³/mol. The third-order valence-electron chi connectivity index (χ3n) is 17.3. The van der Waals surface area contributed by atoms with Gasteiger partial charge in [0.1, 0.15) is 46.9 Å². The van der Waals surface area contributed by atoms with Crippen LogP contribution < -0.4 is 33.3 Å². The Balaban J connectivity index is 0.000000246. The predicted octanol–water partition coefficient (Wildman–Crippen LogP) is 18.4. The smallest absolute Gasteiger partial charge is 0.507 e. The molecule has 4 unspecified atom stereocenters. The van der Waals surface area contributed by atoms with Crippen LogP contribution in [0, 0.1) is 20.8 Å². The average Bonchev–Trinajstić information content (AvgIpc) is 0.849. The second-order valence-corrected chi connectivity index (χ2v) is 25.2. The van der Waals surface area contributed by atoms with E-state index in [0.717, 1.165) is 81.9 Å². The monoisotopic (exact) mass is 1400 g/mol. The number of carbonyl (C=O) groups excluding carboxylic acids is 2. The molecule has 18 heteroatoms. The maximum absolute atomic E-state index is 12.1. The molecule has 0 heterocycles. The van der Waals surface area contributed by atoms with Crippen LogP contribution in [0.4, 0.5) is 4.79 Å². The van der Waals surface area contributed by atoms with E-state index in [1.807, 2.05) is 92.7 Å². The molecule has 0 aliphatic heterocycles. The molecule has 0 bridgehead atoms. The van der Waals surface area contributed by atoms with Crippen molar-refractivity contribution in [2.24, 2.45) is 0 Å². The van der Waals surface area contributed by atoms with Gasteiger partial charge in [0.2, 0.25) is 6.79 Å². The molecule has 0 amide bonds. The highest BCUT2D eigenvalue weighted by Crippen LogP contribution is 2.33. The summed E-state index contributed by atoms with van der Waals surface area (Å²) in [4.78, 5) is 34.3. The minimum Gasteiger partial charge on any atom is -0.507 e. The van der Waals surface area contributed by atoms with Crippen LogP contribution in [0.3, 0.4) is 0 Å². The second-order valence-electron chi connectivity index (χ2n) is 25.2. The molecule has 8 rings (SSSR count). The number of carbonyl (C=O) groups is 2. The fourth-order valence-corrected chi connectivity index (χ4v) is 10.8. The van der Waals surface area contributed by atoms with Crippen molar-refractivity contribution in [1.82, 2.24) is 0 Å². The molecule has 0 aromatic heterocycles. The number of rotatable bonds is 34. The Morgan fingerprint density at radius 2 is 0.735 bits per heavy atom. The molecule has 0 fully saturated rings. The number of esters is 1. The highest BCUT2D eigenvalue weighted by molar-refractivity contribution is 5.73. The summed E-state index contributed by atoms with van der Waals surface area (Å²) in [6.45, 7) is 24.8. The van der Waals surface area contributed by atoms with Crippen molar-refractivity contribution in [3.63, 3.8) is 0 Å². The van der Waals surface area contributed by atoms with Crippen LogP contribution >= 0.6 is 0 Å². The molecule has 102 heavy (non-hydrogen) atoms. The fourth-order valence-electron chi connectivity index (χ4n) is 10.8. The van der Waals surface area contributed by atoms with Gasteiger partial charge in [0, 0.05) is 72.9 Å². The molecule has 4 atom stereocenters. The summed E-state index contributed by atoms with van der Waals surface area (Å²) in [6.07, 6.45) is 3.47. The van der Waals surface area contributed by atoms with Gasteiger partial charge < -0.3 is 67.8 Å². The van der Waals surface area contributed by atoms with E-state index in [0.29, 0.717) is 89.6 Å². The minimum absolute atomic E-state index is 0.0672. The van der Waals surface area contributed by atoms with Crippen LogP contribution in [0.25, 0.3) is 0 Å². The Bertz CT molecular complexity index is 3680. The highest BCUT2D eigenvalue weighted by atomic mass is 17.2. The summed E-state index contributed by atoms with van der Waals surface area (Å²) in [7, 11) is 6.52. The van der Waals surface area contributed by atoms with E-state index in [1.165, 1.54) is 22.3 Å². The molecule has 8 aromatic rings. The van der Waals surface area contributed by atoms with Crippen molar-refractivity contribution in [1.29, 1.82) is 0 Å². The number of aliphatic hydroxyl groups is 3. The zero-order chi connectivity index (χ0) is 74.5. The van der Waals surface area contributed by atoms with E-state index in [-0.39, 0.29) is 57.7 Å². The maximum atomic E-state index is 12.1. The molecule has 18 nitrogen and oxygen atoms in total. The Labute approximate surface area is 604 Å². The number of aromatic hydroxyl groups is 1. The molecule has 0 saturated carbocycles. The number of hydrogen-bond acceptors (Lipinski definition) is 18. The van der Waals surface area contributed by atoms with Gasteiger partial charge in [-0.25, -0.2) is 4.89 Å². The Kier molecular flexibility index (Phi) is 37.0. The SMILES string of the molecule is CCC(C)c1ccc(OC(=O)OOc2c(COC)cc(C)cc2COC)cc1.CCC(C)c1ccc(OCCC(=O)Oc2c(CO)cccc2CO)cc1.CCC(C)c1ccc(OCOc2c(COC)cc(C)cc2COC)cc1.CCC(C)c1ccc(OCc2cc(C)cc(CO)c2O)cc1. The first-order chi connectivity index (χ1) is 49.2. The van der Waals surface area contributed by atoms with Crippen LogP contribution in [-0.4, -0.2) is 74.4 Å². The summed E-state index contributed by atoms with van der Waals surface area (Å²) in [5.74, 6) is 5.74. The first kappa shape index (κ1) is 83.7. The van der Waals surface area contributed by atoms with E-state index in [1.54, 1.807) is 64.8 Å².